The Kier molecular flexibility index (Phi) is 3.00. The Balaban J connectivity index is 1.53. The maximum Gasteiger partial charge on any atom is 0.242 e. The van der Waals surface area contributed by atoms with Crippen LogP contribution < -0.4 is 0 Å². The first kappa shape index (κ1) is 12.8. The fourth-order valence-electron chi connectivity index (χ4n) is 2.35. The van der Waals surface area contributed by atoms with Crippen molar-refractivity contribution < 1.29 is 18.9 Å². The number of amides is 3. The molecule has 0 aromatic carbocycles. The molecule has 0 atom stereocenters. The van der Waals surface area contributed by atoms with Crippen molar-refractivity contribution in [3.05, 3.63) is 11.7 Å². The normalized spacial score (nSPS) is 19.6. The molecule has 0 spiro atoms. The van der Waals surface area contributed by atoms with E-state index in [0.29, 0.717) is 24.8 Å². The number of likely N-dealkylation sites (tertiary alicyclic amines) is 2. The Morgan fingerprint density at radius 2 is 1.95 bits per heavy atom. The molecule has 0 radical (unpaired) electrons. The first-order valence-corrected chi connectivity index (χ1v) is 6.46. The first-order valence-electron chi connectivity index (χ1n) is 6.46. The second-order valence-corrected chi connectivity index (χ2v) is 5.05. The summed E-state index contributed by atoms with van der Waals surface area (Å²) >= 11 is 0. The Bertz CT molecular complexity index is 560. The standard InChI is InChI=1S/C12H14N4O4/c1-7-13-12(20-14-7)8-4-15(5-8)11(19)6-16-9(17)2-3-10(16)18/h8H,2-6H2,1H3. The van der Waals surface area contributed by atoms with Gasteiger partial charge in [-0.3, -0.25) is 19.3 Å². The van der Waals surface area contributed by atoms with Gasteiger partial charge in [0.15, 0.2) is 5.82 Å². The molecular formula is C12H14N4O4. The summed E-state index contributed by atoms with van der Waals surface area (Å²) in [5.74, 6) is 0.380. The van der Waals surface area contributed by atoms with Crippen molar-refractivity contribution in [3.8, 4) is 0 Å². The van der Waals surface area contributed by atoms with Gasteiger partial charge in [0.05, 0.1) is 5.92 Å². The van der Waals surface area contributed by atoms with Gasteiger partial charge in [0.25, 0.3) is 0 Å². The summed E-state index contributed by atoms with van der Waals surface area (Å²) in [6.45, 7) is 2.54. The molecule has 2 fully saturated rings. The van der Waals surface area contributed by atoms with Gasteiger partial charge in [0.1, 0.15) is 6.54 Å². The van der Waals surface area contributed by atoms with Crippen LogP contribution in [0.1, 0.15) is 30.5 Å². The van der Waals surface area contributed by atoms with E-state index in [9.17, 15) is 14.4 Å². The fourth-order valence-corrected chi connectivity index (χ4v) is 2.35. The molecule has 0 N–H and O–H groups in total. The van der Waals surface area contributed by atoms with Crippen molar-refractivity contribution in [2.45, 2.75) is 25.7 Å². The van der Waals surface area contributed by atoms with Crippen LogP contribution in [0.2, 0.25) is 0 Å². The minimum atomic E-state index is -0.270. The van der Waals surface area contributed by atoms with E-state index in [1.165, 1.54) is 0 Å². The van der Waals surface area contributed by atoms with Crippen LogP contribution in [-0.4, -0.2) is 57.3 Å². The number of aromatic nitrogens is 2. The van der Waals surface area contributed by atoms with Gasteiger partial charge in [-0.1, -0.05) is 5.16 Å². The van der Waals surface area contributed by atoms with E-state index in [-0.39, 0.29) is 43.0 Å². The van der Waals surface area contributed by atoms with Crippen molar-refractivity contribution in [2.75, 3.05) is 19.6 Å². The predicted octanol–water partition coefficient (Wildman–Crippen LogP) is -0.547. The number of hydrogen-bond acceptors (Lipinski definition) is 6. The SMILES string of the molecule is Cc1noc(C2CN(C(=O)CN3C(=O)CCC3=O)C2)n1. The minimum absolute atomic E-state index is 0.0464. The quantitative estimate of drug-likeness (QED) is 0.688. The summed E-state index contributed by atoms with van der Waals surface area (Å²) in [4.78, 5) is 41.6. The van der Waals surface area contributed by atoms with E-state index >= 15 is 0 Å². The lowest BCUT2D eigenvalue weighted by Gasteiger charge is -2.37. The van der Waals surface area contributed by atoms with Crippen LogP contribution in [-0.2, 0) is 14.4 Å². The average Bonchev–Trinajstić information content (AvgIpc) is 2.88. The molecule has 106 valence electrons. The molecular weight excluding hydrogens is 264 g/mol. The highest BCUT2D eigenvalue weighted by molar-refractivity contribution is 6.04. The van der Waals surface area contributed by atoms with Crippen LogP contribution in [0.15, 0.2) is 4.52 Å². The van der Waals surface area contributed by atoms with E-state index in [1.807, 2.05) is 0 Å². The smallest absolute Gasteiger partial charge is 0.242 e. The van der Waals surface area contributed by atoms with Crippen molar-refractivity contribution in [2.24, 2.45) is 0 Å². The molecule has 0 unspecified atom stereocenters. The molecule has 3 rings (SSSR count). The third-order valence-electron chi connectivity index (χ3n) is 3.57. The number of carbonyl (C=O) groups excluding carboxylic acids is 3. The lowest BCUT2D eigenvalue weighted by Crippen LogP contribution is -2.52. The molecule has 3 amide bonds. The van der Waals surface area contributed by atoms with Crippen LogP contribution in [0.3, 0.4) is 0 Å². The van der Waals surface area contributed by atoms with Crippen LogP contribution in [0, 0.1) is 6.92 Å². The molecule has 20 heavy (non-hydrogen) atoms. The van der Waals surface area contributed by atoms with Gasteiger partial charge in [0.2, 0.25) is 23.6 Å². The Hall–Kier alpha value is -2.25. The van der Waals surface area contributed by atoms with E-state index < -0.39 is 0 Å². The zero-order valence-electron chi connectivity index (χ0n) is 11.0. The zero-order chi connectivity index (χ0) is 14.3. The van der Waals surface area contributed by atoms with Crippen molar-refractivity contribution in [1.29, 1.82) is 0 Å². The van der Waals surface area contributed by atoms with Crippen LogP contribution in [0.25, 0.3) is 0 Å². The molecule has 0 saturated carbocycles. The number of aryl methyl sites for hydroxylation is 1. The predicted molar refractivity (Wildman–Crippen MR) is 64.3 cm³/mol. The van der Waals surface area contributed by atoms with Crippen molar-refractivity contribution >= 4 is 17.7 Å². The third-order valence-corrected chi connectivity index (χ3v) is 3.57. The number of imide groups is 1. The van der Waals surface area contributed by atoms with E-state index in [2.05, 4.69) is 10.1 Å². The Morgan fingerprint density at radius 3 is 2.50 bits per heavy atom. The topological polar surface area (TPSA) is 96.6 Å². The molecule has 2 aliphatic rings. The lowest BCUT2D eigenvalue weighted by molar-refractivity contribution is -0.147. The van der Waals surface area contributed by atoms with Crippen LogP contribution in [0.4, 0.5) is 0 Å². The third kappa shape index (κ3) is 2.17. The van der Waals surface area contributed by atoms with Gasteiger partial charge < -0.3 is 9.42 Å². The summed E-state index contributed by atoms with van der Waals surface area (Å²) in [7, 11) is 0. The summed E-state index contributed by atoms with van der Waals surface area (Å²) in [5.41, 5.74) is 0. The fraction of sp³-hybridized carbons (Fsp3) is 0.583. The van der Waals surface area contributed by atoms with Gasteiger partial charge in [0, 0.05) is 25.9 Å². The molecule has 0 aliphatic carbocycles. The zero-order valence-corrected chi connectivity index (χ0v) is 11.0. The van der Waals surface area contributed by atoms with Crippen molar-refractivity contribution in [3.63, 3.8) is 0 Å². The minimum Gasteiger partial charge on any atom is -0.339 e. The molecule has 2 aliphatic heterocycles. The van der Waals surface area contributed by atoms with E-state index in [1.54, 1.807) is 11.8 Å². The van der Waals surface area contributed by atoms with E-state index in [4.69, 9.17) is 4.52 Å². The Morgan fingerprint density at radius 1 is 1.30 bits per heavy atom. The highest BCUT2D eigenvalue weighted by Gasteiger charge is 2.38. The van der Waals surface area contributed by atoms with Gasteiger partial charge in [-0.2, -0.15) is 4.98 Å². The molecule has 0 bridgehead atoms. The molecule has 8 nitrogen and oxygen atoms in total. The maximum atomic E-state index is 12.0. The van der Waals surface area contributed by atoms with Crippen LogP contribution in [0.5, 0.6) is 0 Å². The summed E-state index contributed by atoms with van der Waals surface area (Å²) < 4.78 is 5.05. The highest BCUT2D eigenvalue weighted by Crippen LogP contribution is 2.26. The number of rotatable bonds is 3. The first-order chi connectivity index (χ1) is 9.54. The van der Waals surface area contributed by atoms with Gasteiger partial charge in [-0.25, -0.2) is 0 Å². The maximum absolute atomic E-state index is 12.0. The average molecular weight is 278 g/mol. The molecule has 3 heterocycles. The van der Waals surface area contributed by atoms with E-state index in [0.717, 1.165) is 4.90 Å². The number of carbonyl (C=O) groups is 3. The number of hydrogen-bond donors (Lipinski definition) is 0. The largest absolute Gasteiger partial charge is 0.339 e. The molecule has 1 aromatic heterocycles. The second kappa shape index (κ2) is 4.69. The van der Waals surface area contributed by atoms with Gasteiger partial charge in [-0.05, 0) is 6.92 Å². The molecule has 8 heteroatoms. The summed E-state index contributed by atoms with van der Waals surface area (Å²) in [6.07, 6.45) is 0.409. The molecule has 1 aromatic rings. The Labute approximate surface area is 114 Å². The summed E-state index contributed by atoms with van der Waals surface area (Å²) in [5, 5.41) is 3.71. The van der Waals surface area contributed by atoms with Crippen molar-refractivity contribution in [1.82, 2.24) is 19.9 Å². The lowest BCUT2D eigenvalue weighted by atomic mass is 10.00. The monoisotopic (exact) mass is 278 g/mol. The molecule has 2 saturated heterocycles. The highest BCUT2D eigenvalue weighted by atomic mass is 16.5. The second-order valence-electron chi connectivity index (χ2n) is 5.05. The van der Waals surface area contributed by atoms with Crippen LogP contribution >= 0.6 is 0 Å². The summed E-state index contributed by atoms with van der Waals surface area (Å²) in [6, 6.07) is 0. The van der Waals surface area contributed by atoms with Gasteiger partial charge >= 0.3 is 0 Å². The number of nitrogens with zero attached hydrogens (tertiary/aromatic N) is 4. The van der Waals surface area contributed by atoms with Gasteiger partial charge in [-0.15, -0.1) is 0 Å².